The molecule has 3 rings (SSSR count). The van der Waals surface area contributed by atoms with Crippen LogP contribution in [0, 0.1) is 11.6 Å². The number of amides is 1. The number of halogens is 2. The molecule has 0 saturated heterocycles. The maximum Gasteiger partial charge on any atom is 0.289 e. The molecule has 184 valence electrons. The van der Waals surface area contributed by atoms with Crippen LogP contribution in [0.1, 0.15) is 70.0 Å². The minimum absolute atomic E-state index is 0.0760. The Kier molecular flexibility index (Phi) is 10.7. The molecule has 0 atom stereocenters. The normalized spacial score (nSPS) is 14.0. The zero-order valence-electron chi connectivity index (χ0n) is 20.8. The van der Waals surface area contributed by atoms with E-state index in [0.717, 1.165) is 36.2 Å². The van der Waals surface area contributed by atoms with E-state index >= 15 is 0 Å². The number of nitrogens with zero attached hydrogens (tertiary/aromatic N) is 2. The molecule has 0 saturated carbocycles. The zero-order valence-corrected chi connectivity index (χ0v) is 20.8. The molecule has 1 N–H and O–H groups in total. The largest absolute Gasteiger partial charge is 0.460 e. The first-order chi connectivity index (χ1) is 16.4. The molecule has 7 heteroatoms. The van der Waals surface area contributed by atoms with Gasteiger partial charge in [-0.25, -0.2) is 13.8 Å². The number of ether oxygens (including phenoxy) is 1. The number of hydrogen-bond acceptors (Lipinski definition) is 3. The first-order valence-electron chi connectivity index (χ1n) is 11.7. The molecule has 1 amide bonds. The maximum absolute atomic E-state index is 13.3. The van der Waals surface area contributed by atoms with Gasteiger partial charge in [0, 0.05) is 18.5 Å². The van der Waals surface area contributed by atoms with Crippen molar-refractivity contribution in [3.63, 3.8) is 0 Å². The lowest BCUT2D eigenvalue weighted by atomic mass is 10.0. The number of benzene rings is 1. The monoisotopic (exact) mass is 471 g/mol. The lowest BCUT2D eigenvalue weighted by molar-refractivity contribution is -0.130. The summed E-state index contributed by atoms with van der Waals surface area (Å²) in [6.07, 6.45) is 11.5. The summed E-state index contributed by atoms with van der Waals surface area (Å²) in [4.78, 5) is 21.5. The van der Waals surface area contributed by atoms with Crippen LogP contribution in [0.2, 0.25) is 0 Å². The van der Waals surface area contributed by atoms with Crippen molar-refractivity contribution in [3.8, 4) is 0 Å². The molecule has 1 aliphatic heterocycles. The molecular formula is C27H35F2N3O2. The van der Waals surface area contributed by atoms with Crippen LogP contribution < -0.4 is 0 Å². The van der Waals surface area contributed by atoms with Crippen LogP contribution >= 0.6 is 0 Å². The summed E-state index contributed by atoms with van der Waals surface area (Å²) in [6, 6.07) is 2.36. The lowest BCUT2D eigenvalue weighted by Crippen LogP contribution is -2.37. The maximum atomic E-state index is 13.3. The summed E-state index contributed by atoms with van der Waals surface area (Å²) < 4.78 is 32.2. The second kappa shape index (κ2) is 13.5. The average molecular weight is 472 g/mol. The summed E-state index contributed by atoms with van der Waals surface area (Å²) in [5.74, 6) is -0.372. The Bertz CT molecular complexity index is 1050. The van der Waals surface area contributed by atoms with Gasteiger partial charge >= 0.3 is 0 Å². The van der Waals surface area contributed by atoms with Gasteiger partial charge in [0.05, 0.1) is 30.5 Å². The highest BCUT2D eigenvalue weighted by atomic mass is 19.1. The van der Waals surface area contributed by atoms with E-state index in [1.807, 2.05) is 20.8 Å². The minimum Gasteiger partial charge on any atom is -0.460 e. The number of hydrogen-bond donors (Lipinski definition) is 1. The topological polar surface area (TPSA) is 58.2 Å². The third-order valence-electron chi connectivity index (χ3n) is 5.56. The van der Waals surface area contributed by atoms with E-state index in [0.29, 0.717) is 36.4 Å². The molecule has 1 aliphatic rings. The van der Waals surface area contributed by atoms with E-state index in [2.05, 4.69) is 16.9 Å². The summed E-state index contributed by atoms with van der Waals surface area (Å²) in [6.45, 7) is 10.8. The molecule has 2 aromatic rings. The van der Waals surface area contributed by atoms with E-state index in [4.69, 9.17) is 4.74 Å². The highest BCUT2D eigenvalue weighted by Crippen LogP contribution is 2.21. The third-order valence-corrected chi connectivity index (χ3v) is 5.56. The van der Waals surface area contributed by atoms with Crippen molar-refractivity contribution in [2.45, 2.75) is 66.8 Å². The smallest absolute Gasteiger partial charge is 0.289 e. The van der Waals surface area contributed by atoms with E-state index in [-0.39, 0.29) is 17.5 Å². The second-order valence-electron chi connectivity index (χ2n) is 8.06. The third kappa shape index (κ3) is 7.14. The van der Waals surface area contributed by atoms with E-state index in [9.17, 15) is 13.6 Å². The zero-order chi connectivity index (χ0) is 25.1. The molecule has 0 radical (unpaired) electrons. The summed E-state index contributed by atoms with van der Waals surface area (Å²) in [7, 11) is 0. The molecule has 5 nitrogen and oxygen atoms in total. The van der Waals surface area contributed by atoms with Gasteiger partial charge in [-0.3, -0.25) is 4.79 Å². The number of rotatable bonds is 7. The van der Waals surface area contributed by atoms with Gasteiger partial charge in [0.25, 0.3) is 5.91 Å². The summed E-state index contributed by atoms with van der Waals surface area (Å²) in [5, 5.41) is 0. The van der Waals surface area contributed by atoms with E-state index < -0.39 is 0 Å². The molecule has 0 bridgehead atoms. The van der Waals surface area contributed by atoms with Gasteiger partial charge in [0.2, 0.25) is 0 Å². The van der Waals surface area contributed by atoms with Crippen LogP contribution in [0.5, 0.6) is 0 Å². The van der Waals surface area contributed by atoms with Crippen molar-refractivity contribution in [3.05, 3.63) is 82.4 Å². The standard InChI is InChI=1S/C15H21N3O2.C12H14F2/c1-4-11(3)9-20-14(5-2)15(19)18-7-6-12-13(8-18)17-10-16-12;1-3-5-9-10(6-4-2)12(14)8-7-11(9)13/h5,9-10H,4,6-8H2,1-3H3,(H,16,17);3,5,7-8H,4,6H2,1-2H3/b11-9-,14-5-;5-3-. The highest BCUT2D eigenvalue weighted by Gasteiger charge is 2.25. The van der Waals surface area contributed by atoms with Gasteiger partial charge in [-0.1, -0.05) is 32.4 Å². The fraction of sp³-hybridized carbons (Fsp3) is 0.407. The number of H-pyrrole nitrogens is 1. The predicted octanol–water partition coefficient (Wildman–Crippen LogP) is 6.48. The van der Waals surface area contributed by atoms with Crippen LogP contribution in [0.25, 0.3) is 6.08 Å². The Balaban J connectivity index is 0.000000257. The van der Waals surface area contributed by atoms with Gasteiger partial charge in [0.1, 0.15) is 11.6 Å². The number of aromatic nitrogens is 2. The van der Waals surface area contributed by atoms with Crippen LogP contribution in [-0.2, 0) is 28.9 Å². The predicted molar refractivity (Wildman–Crippen MR) is 132 cm³/mol. The fourth-order valence-electron chi connectivity index (χ4n) is 3.49. The van der Waals surface area contributed by atoms with Crippen molar-refractivity contribution in [1.29, 1.82) is 0 Å². The van der Waals surface area contributed by atoms with Crippen molar-refractivity contribution in [2.75, 3.05) is 6.54 Å². The molecule has 0 unspecified atom stereocenters. The SMILES string of the molecule is C/C=C(\O/C=C(/C)CC)C(=O)N1CCc2nc[nH]c2C1.C/C=C\c1c(F)ccc(F)c1CCC. The van der Waals surface area contributed by atoms with Crippen LogP contribution in [0.15, 0.2) is 48.2 Å². The van der Waals surface area contributed by atoms with Crippen molar-refractivity contribution < 1.29 is 18.3 Å². The van der Waals surface area contributed by atoms with Crippen LogP contribution in [-0.4, -0.2) is 27.3 Å². The highest BCUT2D eigenvalue weighted by molar-refractivity contribution is 5.91. The van der Waals surface area contributed by atoms with Crippen molar-refractivity contribution in [1.82, 2.24) is 14.9 Å². The van der Waals surface area contributed by atoms with Gasteiger partial charge in [-0.2, -0.15) is 0 Å². The number of nitrogens with one attached hydrogen (secondary N) is 1. The summed E-state index contributed by atoms with van der Waals surface area (Å²) in [5.41, 5.74) is 4.03. The molecule has 34 heavy (non-hydrogen) atoms. The lowest BCUT2D eigenvalue weighted by Gasteiger charge is -2.26. The van der Waals surface area contributed by atoms with Gasteiger partial charge < -0.3 is 14.6 Å². The molecule has 1 aromatic heterocycles. The molecule has 0 aliphatic carbocycles. The number of aromatic amines is 1. The molecule has 1 aromatic carbocycles. The summed E-state index contributed by atoms with van der Waals surface area (Å²) >= 11 is 0. The van der Waals surface area contributed by atoms with E-state index in [1.165, 1.54) is 12.1 Å². The number of allylic oxidation sites excluding steroid dienone is 3. The second-order valence-corrected chi connectivity index (χ2v) is 8.06. The van der Waals surface area contributed by atoms with E-state index in [1.54, 1.807) is 42.6 Å². The Morgan fingerprint density at radius 2 is 1.97 bits per heavy atom. The molecular weight excluding hydrogens is 436 g/mol. The Hall–Kier alpha value is -3.22. The Labute approximate surface area is 201 Å². The molecule has 0 spiro atoms. The first-order valence-corrected chi connectivity index (χ1v) is 11.7. The number of imidazole rings is 1. The number of carbonyl (C=O) groups excluding carboxylic acids is 1. The van der Waals surface area contributed by atoms with Crippen molar-refractivity contribution >= 4 is 12.0 Å². The Morgan fingerprint density at radius 1 is 1.24 bits per heavy atom. The first kappa shape index (κ1) is 27.0. The van der Waals surface area contributed by atoms with Gasteiger partial charge in [-0.15, -0.1) is 0 Å². The van der Waals surface area contributed by atoms with Crippen LogP contribution in [0.4, 0.5) is 8.78 Å². The number of fused-ring (bicyclic) bond motifs is 1. The minimum atomic E-state index is -0.354. The quantitative estimate of drug-likeness (QED) is 0.371. The molecule has 2 heterocycles. The fourth-order valence-corrected chi connectivity index (χ4v) is 3.49. The van der Waals surface area contributed by atoms with Gasteiger partial charge in [-0.05, 0) is 63.0 Å². The van der Waals surface area contributed by atoms with Crippen LogP contribution in [0.3, 0.4) is 0 Å². The Morgan fingerprint density at radius 3 is 2.62 bits per heavy atom. The van der Waals surface area contributed by atoms with Gasteiger partial charge in [0.15, 0.2) is 5.76 Å². The number of carbonyl (C=O) groups is 1. The average Bonchev–Trinajstić information content (AvgIpc) is 3.32. The van der Waals surface area contributed by atoms with Crippen molar-refractivity contribution in [2.24, 2.45) is 0 Å². The molecule has 0 fully saturated rings.